The first kappa shape index (κ1) is 17.1. The average molecular weight is 385 g/mol. The van der Waals surface area contributed by atoms with Gasteiger partial charge in [0.25, 0.3) is 0 Å². The number of amides is 1. The van der Waals surface area contributed by atoms with Crippen LogP contribution < -0.4 is 5.32 Å². The van der Waals surface area contributed by atoms with Crippen LogP contribution in [-0.2, 0) is 21.2 Å². The Bertz CT molecular complexity index is 997. The molecule has 2 saturated heterocycles. The standard InChI is InChI=1S/C20H23N3O3S/c24-20(13-5-6-13)22-18-12-27(25,26)19-11-23(10-16(18)19)9-14-7-8-21-17-4-2-1-3-15(14)17/h1-4,7-8,13,16,18-19H,5-6,9-12H2,(H,22,24)/t16-,18+,19-/m0/s1. The second kappa shape index (κ2) is 6.27. The molecular weight excluding hydrogens is 362 g/mol. The van der Waals surface area contributed by atoms with Gasteiger partial charge < -0.3 is 5.32 Å². The van der Waals surface area contributed by atoms with Crippen LogP contribution in [0.15, 0.2) is 36.5 Å². The molecule has 3 aliphatic rings. The molecule has 1 aromatic heterocycles. The number of hydrogen-bond donors (Lipinski definition) is 1. The molecule has 0 unspecified atom stereocenters. The Kier molecular flexibility index (Phi) is 3.98. The molecule has 2 aromatic rings. The number of hydrogen-bond acceptors (Lipinski definition) is 5. The van der Waals surface area contributed by atoms with Crippen molar-refractivity contribution in [2.75, 3.05) is 18.8 Å². The molecule has 1 N–H and O–H groups in total. The number of carbonyl (C=O) groups is 1. The number of sulfone groups is 1. The molecule has 1 aliphatic carbocycles. The summed E-state index contributed by atoms with van der Waals surface area (Å²) in [6, 6.07) is 9.79. The van der Waals surface area contributed by atoms with Crippen LogP contribution in [0.2, 0.25) is 0 Å². The summed E-state index contributed by atoms with van der Waals surface area (Å²) in [6.07, 6.45) is 3.67. The molecule has 5 rings (SSSR count). The first-order valence-corrected chi connectivity index (χ1v) is 11.3. The van der Waals surface area contributed by atoms with Crippen LogP contribution in [0.4, 0.5) is 0 Å². The third kappa shape index (κ3) is 3.12. The van der Waals surface area contributed by atoms with E-state index in [1.807, 2.05) is 30.5 Å². The van der Waals surface area contributed by atoms with Gasteiger partial charge >= 0.3 is 0 Å². The molecule has 1 aromatic carbocycles. The smallest absolute Gasteiger partial charge is 0.223 e. The molecule has 0 spiro atoms. The molecule has 3 heterocycles. The van der Waals surface area contributed by atoms with E-state index in [-0.39, 0.29) is 34.8 Å². The minimum Gasteiger partial charge on any atom is -0.352 e. The second-order valence-corrected chi connectivity index (χ2v) is 10.4. The fourth-order valence-corrected chi connectivity index (χ4v) is 6.93. The van der Waals surface area contributed by atoms with Crippen LogP contribution in [-0.4, -0.2) is 54.3 Å². The van der Waals surface area contributed by atoms with Gasteiger partial charge in [0.05, 0.1) is 16.5 Å². The van der Waals surface area contributed by atoms with Gasteiger partial charge in [0.1, 0.15) is 0 Å². The highest BCUT2D eigenvalue weighted by molar-refractivity contribution is 7.92. The molecule has 142 valence electrons. The summed E-state index contributed by atoms with van der Waals surface area (Å²) in [6.45, 7) is 1.95. The zero-order chi connectivity index (χ0) is 18.6. The van der Waals surface area contributed by atoms with E-state index < -0.39 is 9.84 Å². The third-order valence-electron chi connectivity index (χ3n) is 6.18. The number of likely N-dealkylation sites (tertiary alicyclic amines) is 1. The summed E-state index contributed by atoms with van der Waals surface area (Å²) in [5.41, 5.74) is 2.12. The third-order valence-corrected chi connectivity index (χ3v) is 8.43. The van der Waals surface area contributed by atoms with Crippen molar-refractivity contribution in [3.63, 3.8) is 0 Å². The van der Waals surface area contributed by atoms with Crippen molar-refractivity contribution >= 4 is 26.6 Å². The largest absolute Gasteiger partial charge is 0.352 e. The van der Waals surface area contributed by atoms with Gasteiger partial charge in [-0.1, -0.05) is 18.2 Å². The fraction of sp³-hybridized carbons (Fsp3) is 0.500. The summed E-state index contributed by atoms with van der Waals surface area (Å²) in [5.74, 6) is 0.222. The van der Waals surface area contributed by atoms with Crippen LogP contribution in [0, 0.1) is 11.8 Å². The van der Waals surface area contributed by atoms with Gasteiger partial charge in [0.15, 0.2) is 9.84 Å². The van der Waals surface area contributed by atoms with Crippen LogP contribution in [0.3, 0.4) is 0 Å². The number of rotatable bonds is 4. The molecule has 7 heteroatoms. The lowest BCUT2D eigenvalue weighted by Crippen LogP contribution is -2.42. The summed E-state index contributed by atoms with van der Waals surface area (Å²) in [4.78, 5) is 18.8. The molecule has 0 radical (unpaired) electrons. The minimum absolute atomic E-state index is 0.00852. The van der Waals surface area contributed by atoms with E-state index in [2.05, 4.69) is 21.3 Å². The number of fused-ring (bicyclic) bond motifs is 2. The Hall–Kier alpha value is -1.99. The summed E-state index contributed by atoms with van der Waals surface area (Å²) >= 11 is 0. The number of benzene rings is 1. The number of carbonyl (C=O) groups excluding carboxylic acids is 1. The van der Waals surface area contributed by atoms with Crippen LogP contribution in [0.1, 0.15) is 18.4 Å². The normalized spacial score (nSPS) is 29.7. The van der Waals surface area contributed by atoms with E-state index in [0.29, 0.717) is 19.6 Å². The van der Waals surface area contributed by atoms with Crippen molar-refractivity contribution in [3.8, 4) is 0 Å². The molecule has 3 fully saturated rings. The predicted octanol–water partition coefficient (Wildman–Crippen LogP) is 1.36. The molecule has 1 amide bonds. The lowest BCUT2D eigenvalue weighted by Gasteiger charge is -2.21. The maximum absolute atomic E-state index is 12.6. The Morgan fingerprint density at radius 1 is 1.19 bits per heavy atom. The molecule has 6 nitrogen and oxygen atoms in total. The zero-order valence-electron chi connectivity index (χ0n) is 15.0. The fourth-order valence-electron chi connectivity index (χ4n) is 4.60. The average Bonchev–Trinajstić information content (AvgIpc) is 3.37. The van der Waals surface area contributed by atoms with Crippen molar-refractivity contribution < 1.29 is 13.2 Å². The van der Waals surface area contributed by atoms with E-state index in [1.165, 1.54) is 0 Å². The summed E-state index contributed by atoms with van der Waals surface area (Å²) in [5, 5.41) is 3.77. The lowest BCUT2D eigenvalue weighted by molar-refractivity contribution is -0.123. The van der Waals surface area contributed by atoms with Crippen molar-refractivity contribution in [1.29, 1.82) is 0 Å². The first-order valence-electron chi connectivity index (χ1n) is 9.58. The number of para-hydroxylation sites is 1. The van der Waals surface area contributed by atoms with Gasteiger partial charge in [-0.2, -0.15) is 0 Å². The number of nitrogens with one attached hydrogen (secondary N) is 1. The quantitative estimate of drug-likeness (QED) is 0.860. The maximum Gasteiger partial charge on any atom is 0.223 e. The van der Waals surface area contributed by atoms with E-state index in [0.717, 1.165) is 29.3 Å². The van der Waals surface area contributed by atoms with Gasteiger partial charge in [-0.15, -0.1) is 0 Å². The number of aromatic nitrogens is 1. The van der Waals surface area contributed by atoms with Gasteiger partial charge in [-0.05, 0) is 30.5 Å². The predicted molar refractivity (Wildman–Crippen MR) is 103 cm³/mol. The molecular formula is C20H23N3O3S. The SMILES string of the molecule is O=C(N[C@@H]1CS(=O)(=O)[C@H]2CN(Cc3ccnc4ccccc34)C[C@@H]12)C1CC1. The lowest BCUT2D eigenvalue weighted by atomic mass is 10.0. The van der Waals surface area contributed by atoms with Crippen molar-refractivity contribution in [3.05, 3.63) is 42.1 Å². The van der Waals surface area contributed by atoms with Gasteiger partial charge in [0, 0.05) is 49.1 Å². The van der Waals surface area contributed by atoms with Crippen molar-refractivity contribution in [1.82, 2.24) is 15.2 Å². The Balaban J connectivity index is 1.35. The Labute approximate surface area is 158 Å². The monoisotopic (exact) mass is 385 g/mol. The number of nitrogens with zero attached hydrogens (tertiary/aromatic N) is 2. The molecule has 3 atom stereocenters. The second-order valence-electron chi connectivity index (χ2n) is 8.10. The highest BCUT2D eigenvalue weighted by atomic mass is 32.2. The zero-order valence-corrected chi connectivity index (χ0v) is 15.9. The highest BCUT2D eigenvalue weighted by Crippen LogP contribution is 2.36. The van der Waals surface area contributed by atoms with Crippen LogP contribution >= 0.6 is 0 Å². The van der Waals surface area contributed by atoms with Crippen molar-refractivity contribution in [2.45, 2.75) is 30.7 Å². The van der Waals surface area contributed by atoms with Gasteiger partial charge in [0.2, 0.25) is 5.91 Å². The maximum atomic E-state index is 12.6. The van der Waals surface area contributed by atoms with Crippen LogP contribution in [0.25, 0.3) is 10.9 Å². The van der Waals surface area contributed by atoms with Crippen LogP contribution in [0.5, 0.6) is 0 Å². The molecule has 27 heavy (non-hydrogen) atoms. The van der Waals surface area contributed by atoms with Crippen molar-refractivity contribution in [2.24, 2.45) is 11.8 Å². The Morgan fingerprint density at radius 3 is 2.81 bits per heavy atom. The van der Waals surface area contributed by atoms with E-state index in [1.54, 1.807) is 0 Å². The molecule has 2 aliphatic heterocycles. The topological polar surface area (TPSA) is 79.4 Å². The minimum atomic E-state index is -3.16. The number of pyridine rings is 1. The van der Waals surface area contributed by atoms with E-state index in [4.69, 9.17) is 0 Å². The van der Waals surface area contributed by atoms with Gasteiger partial charge in [-0.25, -0.2) is 8.42 Å². The van der Waals surface area contributed by atoms with Gasteiger partial charge in [-0.3, -0.25) is 14.7 Å². The van der Waals surface area contributed by atoms with E-state index >= 15 is 0 Å². The molecule has 0 bridgehead atoms. The summed E-state index contributed by atoms with van der Waals surface area (Å²) in [7, 11) is -3.16. The highest BCUT2D eigenvalue weighted by Gasteiger charge is 2.52. The first-order chi connectivity index (χ1) is 13.0. The van der Waals surface area contributed by atoms with E-state index in [9.17, 15) is 13.2 Å². The Morgan fingerprint density at radius 2 is 2.00 bits per heavy atom. The summed E-state index contributed by atoms with van der Waals surface area (Å²) < 4.78 is 25.3. The molecule has 1 saturated carbocycles.